The highest BCUT2D eigenvalue weighted by Gasteiger charge is 2.26. The van der Waals surface area contributed by atoms with E-state index >= 15 is 0 Å². The number of hydrogen-bond donors (Lipinski definition) is 1. The summed E-state index contributed by atoms with van der Waals surface area (Å²) in [5.74, 6) is 0.0274. The molecule has 0 saturated carbocycles. The molecule has 5 nitrogen and oxygen atoms in total. The van der Waals surface area contributed by atoms with Gasteiger partial charge in [0, 0.05) is 13.1 Å². The van der Waals surface area contributed by atoms with Crippen LogP contribution in [0.15, 0.2) is 59.1 Å². The molecule has 0 radical (unpaired) electrons. The monoisotopic (exact) mass is 564 g/mol. The fraction of sp³-hybridized carbons (Fsp3) is 0.308. The van der Waals surface area contributed by atoms with Crippen molar-refractivity contribution in [3.63, 3.8) is 0 Å². The molecule has 0 heterocycles. The summed E-state index contributed by atoms with van der Waals surface area (Å²) in [6, 6.07) is 16.1. The molecule has 34 heavy (non-hydrogen) atoms. The maximum absolute atomic E-state index is 13.3. The van der Waals surface area contributed by atoms with Crippen molar-refractivity contribution in [1.82, 2.24) is 10.2 Å². The van der Waals surface area contributed by atoms with E-state index in [-0.39, 0.29) is 25.0 Å². The number of amides is 2. The highest BCUT2D eigenvalue weighted by molar-refractivity contribution is 9.10. The van der Waals surface area contributed by atoms with Crippen LogP contribution in [0.25, 0.3) is 10.8 Å². The van der Waals surface area contributed by atoms with Crippen LogP contribution in [-0.2, 0) is 16.1 Å². The highest BCUT2D eigenvalue weighted by atomic mass is 79.9. The first kappa shape index (κ1) is 26.3. The molecule has 3 rings (SSSR count). The van der Waals surface area contributed by atoms with E-state index in [4.69, 9.17) is 27.9 Å². The van der Waals surface area contributed by atoms with Gasteiger partial charge in [0.2, 0.25) is 5.91 Å². The molecular weight excluding hydrogens is 539 g/mol. The van der Waals surface area contributed by atoms with Gasteiger partial charge >= 0.3 is 0 Å². The molecule has 0 aliphatic heterocycles. The van der Waals surface area contributed by atoms with E-state index in [1.54, 1.807) is 25.1 Å². The second-order valence-corrected chi connectivity index (χ2v) is 9.59. The Kier molecular flexibility index (Phi) is 9.63. The molecule has 0 spiro atoms. The molecule has 8 heteroatoms. The number of benzene rings is 3. The van der Waals surface area contributed by atoms with Crippen molar-refractivity contribution in [2.75, 3.05) is 13.2 Å². The Bertz CT molecular complexity index is 1170. The smallest absolute Gasteiger partial charge is 0.261 e. The van der Waals surface area contributed by atoms with Crippen LogP contribution in [0.2, 0.25) is 10.0 Å². The molecule has 1 N–H and O–H groups in total. The minimum absolute atomic E-state index is 0.195. The summed E-state index contributed by atoms with van der Waals surface area (Å²) in [5.41, 5.74) is 0.767. The van der Waals surface area contributed by atoms with Gasteiger partial charge in [-0.1, -0.05) is 72.9 Å². The van der Waals surface area contributed by atoms with Gasteiger partial charge in [0.1, 0.15) is 11.8 Å². The number of rotatable bonds is 10. The Morgan fingerprint density at radius 3 is 2.59 bits per heavy atom. The number of carbonyl (C=O) groups excluding carboxylic acids is 2. The minimum Gasteiger partial charge on any atom is -0.483 e. The molecule has 3 aromatic carbocycles. The van der Waals surface area contributed by atoms with Crippen LogP contribution < -0.4 is 10.1 Å². The third-order valence-corrected chi connectivity index (χ3v) is 7.07. The average Bonchev–Trinajstić information content (AvgIpc) is 2.84. The van der Waals surface area contributed by atoms with Crippen molar-refractivity contribution >= 4 is 61.7 Å². The maximum Gasteiger partial charge on any atom is 0.261 e. The zero-order valence-corrected chi connectivity index (χ0v) is 22.2. The summed E-state index contributed by atoms with van der Waals surface area (Å²) >= 11 is 15.8. The Balaban J connectivity index is 1.78. The van der Waals surface area contributed by atoms with Crippen LogP contribution in [0, 0.1) is 0 Å². The lowest BCUT2D eigenvalue weighted by molar-refractivity contribution is -0.142. The fourth-order valence-electron chi connectivity index (χ4n) is 3.50. The number of nitrogens with zero attached hydrogens (tertiary/aromatic N) is 1. The largest absolute Gasteiger partial charge is 0.483 e. The number of halogens is 3. The summed E-state index contributed by atoms with van der Waals surface area (Å²) in [7, 11) is 0. The van der Waals surface area contributed by atoms with E-state index in [9.17, 15) is 9.59 Å². The highest BCUT2D eigenvalue weighted by Crippen LogP contribution is 2.33. The molecule has 1 atom stereocenters. The van der Waals surface area contributed by atoms with Crippen molar-refractivity contribution in [1.29, 1.82) is 0 Å². The zero-order chi connectivity index (χ0) is 24.7. The number of ether oxygens (including phenoxy) is 1. The summed E-state index contributed by atoms with van der Waals surface area (Å²) < 4.78 is 6.66. The predicted molar refractivity (Wildman–Crippen MR) is 142 cm³/mol. The van der Waals surface area contributed by atoms with Gasteiger partial charge in [0.15, 0.2) is 6.61 Å². The van der Waals surface area contributed by atoms with E-state index in [1.165, 1.54) is 4.90 Å². The van der Waals surface area contributed by atoms with Gasteiger partial charge in [-0.25, -0.2) is 0 Å². The number of unbranched alkanes of at least 4 members (excludes halogenated alkanes) is 1. The van der Waals surface area contributed by atoms with Crippen molar-refractivity contribution in [3.8, 4) is 5.75 Å². The van der Waals surface area contributed by atoms with Gasteiger partial charge in [-0.05, 0) is 63.8 Å². The Labute approximate surface area is 218 Å². The first-order chi connectivity index (χ1) is 16.3. The SMILES string of the molecule is CCCCNC(=O)[C@H](C)N(Cc1ccc(Cl)c(Cl)c1)C(=O)COc1ccc2ccccc2c1Br. The van der Waals surface area contributed by atoms with Gasteiger partial charge in [-0.15, -0.1) is 0 Å². The van der Waals surface area contributed by atoms with Gasteiger partial charge in [0.25, 0.3) is 5.91 Å². The second-order valence-electron chi connectivity index (χ2n) is 7.98. The van der Waals surface area contributed by atoms with Gasteiger partial charge < -0.3 is 15.0 Å². The first-order valence-electron chi connectivity index (χ1n) is 11.1. The normalized spacial score (nSPS) is 11.8. The van der Waals surface area contributed by atoms with Crippen molar-refractivity contribution in [2.24, 2.45) is 0 Å². The third-order valence-electron chi connectivity index (χ3n) is 5.51. The van der Waals surface area contributed by atoms with Crippen molar-refractivity contribution in [2.45, 2.75) is 39.3 Å². The lowest BCUT2D eigenvalue weighted by Gasteiger charge is -2.29. The molecule has 0 saturated heterocycles. The maximum atomic E-state index is 13.3. The van der Waals surface area contributed by atoms with Crippen molar-refractivity contribution < 1.29 is 14.3 Å². The van der Waals surface area contributed by atoms with Crippen molar-refractivity contribution in [3.05, 3.63) is 74.7 Å². The molecule has 0 bridgehead atoms. The molecule has 180 valence electrons. The predicted octanol–water partition coefficient (Wildman–Crippen LogP) is 6.62. The number of fused-ring (bicyclic) bond motifs is 1. The van der Waals surface area contributed by atoms with E-state index in [0.717, 1.165) is 33.7 Å². The second kappa shape index (κ2) is 12.4. The molecule has 2 amide bonds. The number of hydrogen-bond acceptors (Lipinski definition) is 3. The molecule has 0 unspecified atom stereocenters. The van der Waals surface area contributed by atoms with Gasteiger partial charge in [-0.3, -0.25) is 9.59 Å². The lowest BCUT2D eigenvalue weighted by Crippen LogP contribution is -2.49. The molecule has 0 aliphatic rings. The quantitative estimate of drug-likeness (QED) is 0.281. The first-order valence-corrected chi connectivity index (χ1v) is 12.7. The van der Waals surface area contributed by atoms with Crippen LogP contribution in [0.5, 0.6) is 5.75 Å². The van der Waals surface area contributed by atoms with E-state index in [0.29, 0.717) is 22.3 Å². The van der Waals surface area contributed by atoms with Crippen LogP contribution >= 0.6 is 39.1 Å². The van der Waals surface area contributed by atoms with Gasteiger partial charge in [0.05, 0.1) is 14.5 Å². The van der Waals surface area contributed by atoms with E-state index in [2.05, 4.69) is 28.2 Å². The number of nitrogens with one attached hydrogen (secondary N) is 1. The summed E-state index contributed by atoms with van der Waals surface area (Å²) in [6.07, 6.45) is 1.84. The zero-order valence-electron chi connectivity index (χ0n) is 19.1. The Hall–Kier alpha value is -2.28. The van der Waals surface area contributed by atoms with Crippen LogP contribution in [0.1, 0.15) is 32.3 Å². The summed E-state index contributed by atoms with van der Waals surface area (Å²) in [6.45, 7) is 4.31. The van der Waals surface area contributed by atoms with Gasteiger partial charge in [-0.2, -0.15) is 0 Å². The van der Waals surface area contributed by atoms with E-state index < -0.39 is 6.04 Å². The molecule has 0 aliphatic carbocycles. The molecule has 0 fully saturated rings. The van der Waals surface area contributed by atoms with Crippen LogP contribution in [0.4, 0.5) is 0 Å². The third kappa shape index (κ3) is 6.65. The summed E-state index contributed by atoms with van der Waals surface area (Å²) in [5, 5.41) is 5.77. The Morgan fingerprint density at radius 2 is 1.85 bits per heavy atom. The molecule has 3 aromatic rings. The topological polar surface area (TPSA) is 58.6 Å². The standard InChI is InChI=1S/C26H27BrCl2N2O3/c1-3-4-13-30-26(33)17(2)31(15-18-9-11-21(28)22(29)14-18)24(32)16-34-23-12-10-19-7-5-6-8-20(19)25(23)27/h5-12,14,17H,3-4,13,15-16H2,1-2H3,(H,30,33)/t17-/m0/s1. The molecular formula is C26H27BrCl2N2O3. The Morgan fingerprint density at radius 1 is 1.09 bits per heavy atom. The fourth-order valence-corrected chi connectivity index (χ4v) is 4.43. The van der Waals surface area contributed by atoms with E-state index in [1.807, 2.05) is 36.4 Å². The van der Waals surface area contributed by atoms with Crippen LogP contribution in [0.3, 0.4) is 0 Å². The average molecular weight is 566 g/mol. The minimum atomic E-state index is -0.692. The van der Waals surface area contributed by atoms with Crippen LogP contribution in [-0.4, -0.2) is 35.9 Å². The summed E-state index contributed by atoms with van der Waals surface area (Å²) in [4.78, 5) is 27.5. The molecule has 0 aromatic heterocycles. The lowest BCUT2D eigenvalue weighted by atomic mass is 10.1. The number of carbonyl (C=O) groups is 2.